The topological polar surface area (TPSA) is 3.24 Å². The van der Waals surface area contributed by atoms with Crippen molar-refractivity contribution in [2.45, 2.75) is 0 Å². The van der Waals surface area contributed by atoms with Crippen LogP contribution < -0.4 is 4.90 Å². The molecule has 1 nitrogen and oxygen atoms in total. The second kappa shape index (κ2) is 12.4. The minimum Gasteiger partial charge on any atom is -0.310 e. The summed E-state index contributed by atoms with van der Waals surface area (Å²) < 4.78 is 2.67. The Morgan fingerprint density at radius 1 is 0.333 bits per heavy atom. The predicted octanol–water partition coefficient (Wildman–Crippen LogP) is 15.5. The molecule has 11 aromatic rings. The first-order valence-electron chi connectivity index (χ1n) is 18.5. The number of benzene rings is 10. The zero-order chi connectivity index (χ0) is 35.6. The first-order valence-corrected chi connectivity index (χ1v) is 19.3. The largest absolute Gasteiger partial charge is 0.310 e. The second-order valence-corrected chi connectivity index (χ2v) is 15.1. The summed E-state index contributed by atoms with van der Waals surface area (Å²) in [5.74, 6) is 0. The van der Waals surface area contributed by atoms with E-state index in [9.17, 15) is 0 Å². The van der Waals surface area contributed by atoms with Gasteiger partial charge in [-0.3, -0.25) is 0 Å². The molecule has 252 valence electrons. The van der Waals surface area contributed by atoms with Gasteiger partial charge < -0.3 is 4.90 Å². The summed E-state index contributed by atoms with van der Waals surface area (Å²) in [6.45, 7) is 0. The second-order valence-electron chi connectivity index (χ2n) is 14.1. The molecule has 1 heterocycles. The first-order chi connectivity index (χ1) is 26.8. The van der Waals surface area contributed by atoms with Gasteiger partial charge in [-0.15, -0.1) is 11.3 Å². The standard InChI is InChI=1S/C52H33NS/c1-2-11-34(12-3-1)42-14-6-8-19-49(42)53(40-29-32-44-38(33-40)26-31-48-46-16-7-9-20-50(46)54-52(44)48)39-27-23-36(24-28-39)41-17-10-18-47-45(41)30-25-37-22-21-35-13-4-5-15-43(35)51(37)47/h1-33H. The maximum absolute atomic E-state index is 2.42. The van der Waals surface area contributed by atoms with Crippen LogP contribution in [-0.2, 0) is 0 Å². The zero-order valence-electron chi connectivity index (χ0n) is 29.4. The zero-order valence-corrected chi connectivity index (χ0v) is 30.2. The summed E-state index contributed by atoms with van der Waals surface area (Å²) >= 11 is 1.89. The number of para-hydroxylation sites is 1. The fraction of sp³-hybridized carbons (Fsp3) is 0. The molecule has 11 rings (SSSR count). The molecule has 0 bridgehead atoms. The van der Waals surface area contributed by atoms with Crippen molar-refractivity contribution in [1.82, 2.24) is 0 Å². The summed E-state index contributed by atoms with van der Waals surface area (Å²) in [5.41, 5.74) is 8.20. The number of nitrogens with zero attached hydrogens (tertiary/aromatic N) is 1. The van der Waals surface area contributed by atoms with E-state index in [1.807, 2.05) is 11.3 Å². The van der Waals surface area contributed by atoms with Crippen molar-refractivity contribution in [2.24, 2.45) is 0 Å². The molecule has 0 fully saturated rings. The Morgan fingerprint density at radius 2 is 0.963 bits per heavy atom. The van der Waals surface area contributed by atoms with Gasteiger partial charge in [0.15, 0.2) is 0 Å². The molecule has 0 spiro atoms. The van der Waals surface area contributed by atoms with Gasteiger partial charge in [0.2, 0.25) is 0 Å². The number of hydrogen-bond acceptors (Lipinski definition) is 2. The van der Waals surface area contributed by atoms with Crippen molar-refractivity contribution in [3.8, 4) is 22.3 Å². The summed E-state index contributed by atoms with van der Waals surface area (Å²) in [5, 5.41) is 12.9. The number of hydrogen-bond donors (Lipinski definition) is 0. The van der Waals surface area contributed by atoms with Crippen molar-refractivity contribution in [3.05, 3.63) is 200 Å². The Balaban J connectivity index is 1.08. The van der Waals surface area contributed by atoms with Gasteiger partial charge in [-0.05, 0) is 96.2 Å². The van der Waals surface area contributed by atoms with Crippen molar-refractivity contribution >= 4 is 91.7 Å². The SMILES string of the molecule is c1ccc(-c2ccccc2N(c2ccc(-c3cccc4c3ccc3ccc5ccccc5c34)cc2)c2ccc3c(ccc4c5ccccc5sc34)c2)cc1. The third-order valence-corrected chi connectivity index (χ3v) is 12.3. The predicted molar refractivity (Wildman–Crippen MR) is 235 cm³/mol. The summed E-state index contributed by atoms with van der Waals surface area (Å²) in [7, 11) is 0. The number of fused-ring (bicyclic) bond motifs is 10. The summed E-state index contributed by atoms with van der Waals surface area (Å²) in [6.07, 6.45) is 0. The smallest absolute Gasteiger partial charge is 0.0540 e. The van der Waals surface area contributed by atoms with Crippen LogP contribution >= 0.6 is 11.3 Å². The van der Waals surface area contributed by atoms with E-state index in [-0.39, 0.29) is 0 Å². The molecule has 0 aliphatic rings. The Labute approximate surface area is 317 Å². The highest BCUT2D eigenvalue weighted by atomic mass is 32.1. The van der Waals surface area contributed by atoms with E-state index in [0.29, 0.717) is 0 Å². The average Bonchev–Trinajstić information content (AvgIpc) is 3.63. The Morgan fingerprint density at radius 3 is 1.87 bits per heavy atom. The maximum atomic E-state index is 2.42. The molecule has 0 aliphatic carbocycles. The van der Waals surface area contributed by atoms with E-state index in [1.165, 1.54) is 85.5 Å². The molecular weight excluding hydrogens is 671 g/mol. The molecule has 0 atom stereocenters. The van der Waals surface area contributed by atoms with Gasteiger partial charge in [0, 0.05) is 37.1 Å². The summed E-state index contributed by atoms with van der Waals surface area (Å²) in [4.78, 5) is 2.42. The normalized spacial score (nSPS) is 11.7. The van der Waals surface area contributed by atoms with Crippen LogP contribution in [0.1, 0.15) is 0 Å². The van der Waals surface area contributed by atoms with E-state index in [4.69, 9.17) is 0 Å². The fourth-order valence-corrected chi connectivity index (χ4v) is 9.74. The van der Waals surface area contributed by atoms with Gasteiger partial charge >= 0.3 is 0 Å². The maximum Gasteiger partial charge on any atom is 0.0540 e. The highest BCUT2D eigenvalue weighted by molar-refractivity contribution is 7.26. The lowest BCUT2D eigenvalue weighted by molar-refractivity contribution is 1.29. The molecule has 0 amide bonds. The van der Waals surface area contributed by atoms with Gasteiger partial charge in [-0.25, -0.2) is 0 Å². The number of anilines is 3. The van der Waals surface area contributed by atoms with E-state index < -0.39 is 0 Å². The first kappa shape index (κ1) is 30.8. The molecule has 1 aromatic heterocycles. The third kappa shape index (κ3) is 4.92. The lowest BCUT2D eigenvalue weighted by Crippen LogP contribution is -2.11. The van der Waals surface area contributed by atoms with E-state index >= 15 is 0 Å². The molecule has 2 heteroatoms. The van der Waals surface area contributed by atoms with Gasteiger partial charge in [0.25, 0.3) is 0 Å². The van der Waals surface area contributed by atoms with Crippen LogP contribution in [0.4, 0.5) is 17.1 Å². The van der Waals surface area contributed by atoms with Crippen LogP contribution in [0.5, 0.6) is 0 Å². The van der Waals surface area contributed by atoms with Crippen LogP contribution in [0.2, 0.25) is 0 Å². The minimum absolute atomic E-state index is 1.11. The minimum atomic E-state index is 1.11. The van der Waals surface area contributed by atoms with E-state index in [0.717, 1.165) is 17.1 Å². The molecule has 10 aromatic carbocycles. The van der Waals surface area contributed by atoms with Crippen molar-refractivity contribution in [2.75, 3.05) is 4.90 Å². The lowest BCUT2D eigenvalue weighted by atomic mass is 9.92. The lowest BCUT2D eigenvalue weighted by Gasteiger charge is -2.28. The van der Waals surface area contributed by atoms with Gasteiger partial charge in [0.1, 0.15) is 0 Å². The average molecular weight is 704 g/mol. The van der Waals surface area contributed by atoms with E-state index in [1.54, 1.807) is 0 Å². The highest BCUT2D eigenvalue weighted by Crippen LogP contribution is 2.45. The Kier molecular flexibility index (Phi) is 7.11. The van der Waals surface area contributed by atoms with Crippen LogP contribution in [0.15, 0.2) is 200 Å². The molecule has 0 aliphatic heterocycles. The molecule has 0 radical (unpaired) electrons. The van der Waals surface area contributed by atoms with Gasteiger partial charge in [-0.1, -0.05) is 164 Å². The molecule has 0 saturated carbocycles. The summed E-state index contributed by atoms with van der Waals surface area (Å²) in [6, 6.07) is 73.4. The molecule has 0 saturated heterocycles. The van der Waals surface area contributed by atoms with Crippen LogP contribution in [0.25, 0.3) is 85.5 Å². The molecule has 0 N–H and O–H groups in total. The van der Waals surface area contributed by atoms with E-state index in [2.05, 4.69) is 205 Å². The third-order valence-electron chi connectivity index (χ3n) is 11.0. The van der Waals surface area contributed by atoms with Crippen LogP contribution in [0.3, 0.4) is 0 Å². The molecule has 0 unspecified atom stereocenters. The van der Waals surface area contributed by atoms with Crippen molar-refractivity contribution < 1.29 is 0 Å². The monoisotopic (exact) mass is 703 g/mol. The van der Waals surface area contributed by atoms with Crippen molar-refractivity contribution in [3.63, 3.8) is 0 Å². The Hall–Kier alpha value is -6.74. The van der Waals surface area contributed by atoms with Crippen LogP contribution in [-0.4, -0.2) is 0 Å². The van der Waals surface area contributed by atoms with Crippen molar-refractivity contribution in [1.29, 1.82) is 0 Å². The van der Waals surface area contributed by atoms with Crippen LogP contribution in [0, 0.1) is 0 Å². The quantitative estimate of drug-likeness (QED) is 0.161. The fourth-order valence-electron chi connectivity index (χ4n) is 8.50. The molecule has 54 heavy (non-hydrogen) atoms. The molecular formula is C52H33NS. The van der Waals surface area contributed by atoms with Gasteiger partial charge in [0.05, 0.1) is 5.69 Å². The number of thiophene rings is 1. The number of rotatable bonds is 5. The van der Waals surface area contributed by atoms with Gasteiger partial charge in [-0.2, -0.15) is 0 Å². The Bertz CT molecular complexity index is 3210. The highest BCUT2D eigenvalue weighted by Gasteiger charge is 2.19.